The van der Waals surface area contributed by atoms with Crippen LogP contribution in [0.1, 0.15) is 23.2 Å². The van der Waals surface area contributed by atoms with Crippen molar-refractivity contribution >= 4 is 5.91 Å². The summed E-state index contributed by atoms with van der Waals surface area (Å²) < 4.78 is 33.7. The lowest BCUT2D eigenvalue weighted by Gasteiger charge is -2.10. The molecule has 0 unspecified atom stereocenters. The summed E-state index contributed by atoms with van der Waals surface area (Å²) in [5.74, 6) is 0.185. The molecule has 1 aromatic rings. The van der Waals surface area contributed by atoms with Crippen molar-refractivity contribution in [1.29, 1.82) is 0 Å². The highest BCUT2D eigenvalue weighted by Gasteiger charge is 2.15. The van der Waals surface area contributed by atoms with Gasteiger partial charge in [0.05, 0.1) is 0 Å². The maximum Gasteiger partial charge on any atom is 0.387 e. The first-order valence-electron chi connectivity index (χ1n) is 6.56. The summed E-state index contributed by atoms with van der Waals surface area (Å²) in [5.41, 5.74) is 0.311. The second-order valence-electron chi connectivity index (χ2n) is 4.68. The minimum absolute atomic E-state index is 0.0168. The van der Waals surface area contributed by atoms with E-state index in [1.54, 1.807) is 6.07 Å². The monoisotopic (exact) mass is 285 g/mol. The number of halogens is 2. The van der Waals surface area contributed by atoms with Crippen LogP contribution in [-0.4, -0.2) is 32.3 Å². The normalized spacial score (nSPS) is 18.2. The highest BCUT2D eigenvalue weighted by molar-refractivity contribution is 5.94. The van der Waals surface area contributed by atoms with Gasteiger partial charge in [-0.25, -0.2) is 0 Å². The maximum atomic E-state index is 12.1. The molecule has 1 aliphatic rings. The molecule has 110 valence electrons. The molecular weight excluding hydrogens is 268 g/mol. The van der Waals surface area contributed by atoms with Crippen LogP contribution in [0.5, 0.6) is 5.75 Å². The van der Waals surface area contributed by atoms with Crippen LogP contribution in [0.25, 0.3) is 0 Å². The first-order valence-corrected chi connectivity index (χ1v) is 6.56. The van der Waals surface area contributed by atoms with Crippen molar-refractivity contribution < 1.29 is 23.0 Å². The van der Waals surface area contributed by atoms with Gasteiger partial charge >= 0.3 is 6.61 Å². The predicted octanol–water partition coefficient (Wildman–Crippen LogP) is 2.44. The smallest absolute Gasteiger partial charge is 0.387 e. The summed E-state index contributed by atoms with van der Waals surface area (Å²) in [6.45, 7) is -0.817. The van der Waals surface area contributed by atoms with E-state index >= 15 is 0 Å². The van der Waals surface area contributed by atoms with Crippen LogP contribution in [-0.2, 0) is 4.74 Å². The fraction of sp³-hybridized carbons (Fsp3) is 0.500. The molecule has 1 aliphatic heterocycles. The molecular formula is C14H17F2NO3. The summed E-state index contributed by atoms with van der Waals surface area (Å²) in [7, 11) is 0. The molecule has 1 aromatic carbocycles. The average Bonchev–Trinajstić information content (AvgIpc) is 2.91. The zero-order valence-electron chi connectivity index (χ0n) is 11.0. The number of carbonyl (C=O) groups is 1. The van der Waals surface area contributed by atoms with Crippen molar-refractivity contribution in [2.45, 2.75) is 19.5 Å². The first-order chi connectivity index (χ1) is 9.65. The topological polar surface area (TPSA) is 47.6 Å². The molecule has 1 N–H and O–H groups in total. The Morgan fingerprint density at radius 3 is 3.05 bits per heavy atom. The molecule has 0 spiro atoms. The lowest BCUT2D eigenvalue weighted by atomic mass is 10.1. The second-order valence-corrected chi connectivity index (χ2v) is 4.68. The summed E-state index contributed by atoms with van der Waals surface area (Å²) >= 11 is 0. The maximum absolute atomic E-state index is 12.1. The molecule has 0 saturated carbocycles. The van der Waals surface area contributed by atoms with E-state index in [1.165, 1.54) is 18.2 Å². The lowest BCUT2D eigenvalue weighted by Crippen LogP contribution is -2.26. The van der Waals surface area contributed by atoms with Gasteiger partial charge in [-0.15, -0.1) is 0 Å². The second kappa shape index (κ2) is 7.19. The molecule has 0 aromatic heterocycles. The van der Waals surface area contributed by atoms with Gasteiger partial charge in [0, 0.05) is 25.3 Å². The number of hydrogen-bond acceptors (Lipinski definition) is 3. The fourth-order valence-electron chi connectivity index (χ4n) is 2.12. The molecule has 1 amide bonds. The first kappa shape index (κ1) is 14.7. The van der Waals surface area contributed by atoms with Crippen LogP contribution in [0, 0.1) is 5.92 Å². The molecule has 1 fully saturated rings. The third-order valence-corrected chi connectivity index (χ3v) is 3.18. The minimum Gasteiger partial charge on any atom is -0.435 e. The Morgan fingerprint density at radius 1 is 1.50 bits per heavy atom. The molecule has 6 heteroatoms. The van der Waals surface area contributed by atoms with Crippen LogP contribution in [0.2, 0.25) is 0 Å². The molecule has 1 heterocycles. The summed E-state index contributed by atoms with van der Waals surface area (Å²) in [4.78, 5) is 11.9. The van der Waals surface area contributed by atoms with Crippen LogP contribution in [0.3, 0.4) is 0 Å². The molecule has 2 rings (SSSR count). The van der Waals surface area contributed by atoms with E-state index in [0.29, 0.717) is 18.0 Å². The minimum atomic E-state index is -2.89. The third kappa shape index (κ3) is 4.45. The van der Waals surface area contributed by atoms with Gasteiger partial charge in [-0.1, -0.05) is 6.07 Å². The van der Waals surface area contributed by atoms with Gasteiger partial charge in [-0.2, -0.15) is 8.78 Å². The molecule has 0 radical (unpaired) electrons. The number of alkyl halides is 2. The van der Waals surface area contributed by atoms with E-state index in [4.69, 9.17) is 4.74 Å². The molecule has 1 saturated heterocycles. The number of ether oxygens (including phenoxy) is 2. The quantitative estimate of drug-likeness (QED) is 0.873. The number of amides is 1. The Labute approximate surface area is 116 Å². The van der Waals surface area contributed by atoms with Crippen molar-refractivity contribution in [3.05, 3.63) is 29.8 Å². The van der Waals surface area contributed by atoms with Crippen LogP contribution < -0.4 is 10.1 Å². The third-order valence-electron chi connectivity index (χ3n) is 3.18. The van der Waals surface area contributed by atoms with E-state index in [1.807, 2.05) is 0 Å². The van der Waals surface area contributed by atoms with E-state index in [0.717, 1.165) is 26.1 Å². The van der Waals surface area contributed by atoms with Crippen molar-refractivity contribution in [3.63, 3.8) is 0 Å². The molecule has 0 aliphatic carbocycles. The van der Waals surface area contributed by atoms with Gasteiger partial charge in [-0.3, -0.25) is 4.79 Å². The number of nitrogens with one attached hydrogen (secondary N) is 1. The summed E-state index contributed by atoms with van der Waals surface area (Å²) in [6, 6.07) is 5.77. The van der Waals surface area contributed by atoms with E-state index in [2.05, 4.69) is 10.1 Å². The van der Waals surface area contributed by atoms with Gasteiger partial charge in [-0.05, 0) is 37.0 Å². The number of rotatable bonds is 6. The number of carbonyl (C=O) groups excluding carboxylic acids is 1. The Bertz CT molecular complexity index is 448. The molecule has 0 bridgehead atoms. The SMILES string of the molecule is O=C(NCC[C@H]1CCOC1)c1cccc(OC(F)F)c1. The van der Waals surface area contributed by atoms with E-state index in [-0.39, 0.29) is 11.7 Å². The number of benzene rings is 1. The number of hydrogen-bond donors (Lipinski definition) is 1. The highest BCUT2D eigenvalue weighted by Crippen LogP contribution is 2.17. The van der Waals surface area contributed by atoms with E-state index in [9.17, 15) is 13.6 Å². The van der Waals surface area contributed by atoms with Gasteiger partial charge in [0.1, 0.15) is 5.75 Å². The van der Waals surface area contributed by atoms with Gasteiger partial charge in [0.25, 0.3) is 5.91 Å². The van der Waals surface area contributed by atoms with Crippen LogP contribution in [0.4, 0.5) is 8.78 Å². The Kier molecular flexibility index (Phi) is 5.29. The zero-order valence-corrected chi connectivity index (χ0v) is 11.0. The molecule has 1 atom stereocenters. The Hall–Kier alpha value is -1.69. The Balaban J connectivity index is 1.81. The van der Waals surface area contributed by atoms with Crippen LogP contribution in [0.15, 0.2) is 24.3 Å². The van der Waals surface area contributed by atoms with Crippen molar-refractivity contribution in [2.75, 3.05) is 19.8 Å². The summed E-state index contributed by atoms with van der Waals surface area (Å²) in [5, 5.41) is 2.77. The van der Waals surface area contributed by atoms with Crippen molar-refractivity contribution in [1.82, 2.24) is 5.32 Å². The molecule has 4 nitrogen and oxygen atoms in total. The summed E-state index contributed by atoms with van der Waals surface area (Å²) in [6.07, 6.45) is 1.88. The Morgan fingerprint density at radius 2 is 2.35 bits per heavy atom. The predicted molar refractivity (Wildman–Crippen MR) is 69.0 cm³/mol. The van der Waals surface area contributed by atoms with Crippen molar-refractivity contribution in [3.8, 4) is 5.75 Å². The largest absolute Gasteiger partial charge is 0.435 e. The van der Waals surface area contributed by atoms with Gasteiger partial charge in [0.15, 0.2) is 0 Å². The highest BCUT2D eigenvalue weighted by atomic mass is 19.3. The lowest BCUT2D eigenvalue weighted by molar-refractivity contribution is -0.0498. The standard InChI is InChI=1S/C14H17F2NO3/c15-14(16)20-12-3-1-2-11(8-12)13(18)17-6-4-10-5-7-19-9-10/h1-3,8,10,14H,4-7,9H2,(H,17,18)/t10-/m0/s1. The van der Waals surface area contributed by atoms with E-state index < -0.39 is 6.61 Å². The van der Waals surface area contributed by atoms with Crippen molar-refractivity contribution in [2.24, 2.45) is 5.92 Å². The average molecular weight is 285 g/mol. The molecule has 20 heavy (non-hydrogen) atoms. The van der Waals surface area contributed by atoms with Crippen LogP contribution >= 0.6 is 0 Å². The fourth-order valence-corrected chi connectivity index (χ4v) is 2.12. The van der Waals surface area contributed by atoms with Gasteiger partial charge in [0.2, 0.25) is 0 Å². The zero-order chi connectivity index (χ0) is 14.4. The van der Waals surface area contributed by atoms with Gasteiger partial charge < -0.3 is 14.8 Å².